The Labute approximate surface area is 155 Å². The first-order valence-electron chi connectivity index (χ1n) is 8.46. The number of halogens is 1. The van der Waals surface area contributed by atoms with E-state index in [1.54, 1.807) is 25.1 Å². The first-order chi connectivity index (χ1) is 11.8. The fourth-order valence-electron chi connectivity index (χ4n) is 2.93. The fourth-order valence-corrected chi connectivity index (χ4v) is 4.00. The number of anilines is 1. The number of amides is 1. The zero-order chi connectivity index (χ0) is 18.4. The zero-order valence-electron chi connectivity index (χ0n) is 14.7. The van der Waals surface area contributed by atoms with E-state index in [1.165, 1.54) is 18.4 Å². The predicted octanol–water partition coefficient (Wildman–Crippen LogP) is 3.42. The van der Waals surface area contributed by atoms with Crippen molar-refractivity contribution in [2.75, 3.05) is 23.7 Å². The van der Waals surface area contributed by atoms with E-state index in [0.29, 0.717) is 22.8 Å². The molecule has 0 unspecified atom stereocenters. The number of allylic oxidation sites excluding steroid dienone is 1. The fraction of sp³-hybridized carbons (Fsp3) is 0.500. The minimum Gasteiger partial charge on any atom is -0.354 e. The molecule has 1 N–H and O–H groups in total. The van der Waals surface area contributed by atoms with Crippen molar-refractivity contribution >= 4 is 33.2 Å². The molecular weight excluding hydrogens is 360 g/mol. The van der Waals surface area contributed by atoms with E-state index in [1.807, 2.05) is 0 Å². The summed E-state index contributed by atoms with van der Waals surface area (Å²) in [5, 5.41) is 3.29. The van der Waals surface area contributed by atoms with Crippen LogP contribution in [0.2, 0.25) is 5.02 Å². The van der Waals surface area contributed by atoms with Crippen LogP contribution in [0.3, 0.4) is 0 Å². The van der Waals surface area contributed by atoms with Crippen molar-refractivity contribution in [3.8, 4) is 0 Å². The Morgan fingerprint density at radius 3 is 2.72 bits per heavy atom. The predicted molar refractivity (Wildman–Crippen MR) is 103 cm³/mol. The van der Waals surface area contributed by atoms with Gasteiger partial charge < -0.3 is 5.32 Å². The summed E-state index contributed by atoms with van der Waals surface area (Å²) < 4.78 is 25.4. The van der Waals surface area contributed by atoms with Gasteiger partial charge in [0, 0.05) is 11.6 Å². The van der Waals surface area contributed by atoms with Crippen molar-refractivity contribution in [1.29, 1.82) is 0 Å². The number of sulfonamides is 1. The molecule has 0 atom stereocenters. The van der Waals surface area contributed by atoms with Crippen molar-refractivity contribution in [2.45, 2.75) is 39.0 Å². The lowest BCUT2D eigenvalue weighted by Crippen LogP contribution is -2.41. The Bertz CT molecular complexity index is 760. The van der Waals surface area contributed by atoms with Gasteiger partial charge in [0.15, 0.2) is 0 Å². The molecule has 0 aliphatic heterocycles. The van der Waals surface area contributed by atoms with Crippen molar-refractivity contribution in [1.82, 2.24) is 5.32 Å². The molecule has 0 spiro atoms. The lowest BCUT2D eigenvalue weighted by Gasteiger charge is -2.24. The molecule has 5 nitrogen and oxygen atoms in total. The molecule has 1 aliphatic rings. The van der Waals surface area contributed by atoms with Crippen molar-refractivity contribution in [3.05, 3.63) is 40.4 Å². The summed E-state index contributed by atoms with van der Waals surface area (Å²) in [7, 11) is -3.60. The molecule has 0 heterocycles. The molecule has 7 heteroatoms. The topological polar surface area (TPSA) is 66.5 Å². The highest BCUT2D eigenvalue weighted by Crippen LogP contribution is 2.28. The number of nitrogens with one attached hydrogen (secondary N) is 1. The van der Waals surface area contributed by atoms with Crippen LogP contribution in [0, 0.1) is 6.92 Å². The maximum atomic E-state index is 12.2. The minimum atomic E-state index is -3.60. The van der Waals surface area contributed by atoms with Crippen LogP contribution in [0.4, 0.5) is 5.69 Å². The van der Waals surface area contributed by atoms with Crippen LogP contribution in [0.25, 0.3) is 0 Å². The molecular formula is C18H25ClN2O3S. The third kappa shape index (κ3) is 5.75. The van der Waals surface area contributed by atoms with Crippen LogP contribution in [-0.4, -0.2) is 33.7 Å². The van der Waals surface area contributed by atoms with Crippen LogP contribution in [0.15, 0.2) is 29.8 Å². The average molecular weight is 385 g/mol. The number of rotatable bonds is 7. The Hall–Kier alpha value is -1.53. The SMILES string of the molecule is Cc1c(Cl)cccc1N(CC(=O)NCCC1=CCCCC1)S(C)(=O)=O. The summed E-state index contributed by atoms with van der Waals surface area (Å²) in [6.07, 6.45) is 8.79. The molecule has 1 aromatic rings. The average Bonchev–Trinajstić information content (AvgIpc) is 2.55. The first kappa shape index (κ1) is 19.8. The molecule has 0 fully saturated rings. The summed E-state index contributed by atoms with van der Waals surface area (Å²) in [6.45, 7) is 2.01. The highest BCUT2D eigenvalue weighted by atomic mass is 35.5. The normalized spacial score (nSPS) is 14.8. The molecule has 138 valence electrons. The van der Waals surface area contributed by atoms with Gasteiger partial charge in [-0.3, -0.25) is 9.10 Å². The number of nitrogens with zero attached hydrogens (tertiary/aromatic N) is 1. The van der Waals surface area contributed by atoms with Crippen LogP contribution < -0.4 is 9.62 Å². The molecule has 0 saturated carbocycles. The van der Waals surface area contributed by atoms with Gasteiger partial charge in [-0.1, -0.05) is 29.3 Å². The standard InChI is InChI=1S/C18H25ClN2O3S/c1-14-16(19)9-6-10-17(14)21(25(2,23)24)13-18(22)20-12-11-15-7-4-3-5-8-15/h6-7,9-10H,3-5,8,11-13H2,1-2H3,(H,20,22). The van der Waals surface area contributed by atoms with E-state index in [9.17, 15) is 13.2 Å². The second kappa shape index (κ2) is 8.72. The van der Waals surface area contributed by atoms with Crippen LogP contribution >= 0.6 is 11.6 Å². The third-order valence-electron chi connectivity index (χ3n) is 4.35. The molecule has 0 bridgehead atoms. The molecule has 2 rings (SSSR count). The van der Waals surface area contributed by atoms with Gasteiger partial charge in [-0.15, -0.1) is 0 Å². The quantitative estimate of drug-likeness (QED) is 0.732. The van der Waals surface area contributed by atoms with Crippen LogP contribution in [0.5, 0.6) is 0 Å². The molecule has 1 aromatic carbocycles. The lowest BCUT2D eigenvalue weighted by molar-refractivity contribution is -0.119. The molecule has 0 aromatic heterocycles. The molecule has 1 aliphatic carbocycles. The largest absolute Gasteiger partial charge is 0.354 e. The van der Waals surface area contributed by atoms with Crippen LogP contribution in [-0.2, 0) is 14.8 Å². The third-order valence-corrected chi connectivity index (χ3v) is 5.88. The van der Waals surface area contributed by atoms with Gasteiger partial charge in [-0.05, 0) is 56.7 Å². The highest BCUT2D eigenvalue weighted by molar-refractivity contribution is 7.92. The Balaban J connectivity index is 2.01. The smallest absolute Gasteiger partial charge is 0.240 e. The monoisotopic (exact) mass is 384 g/mol. The van der Waals surface area contributed by atoms with Crippen molar-refractivity contribution < 1.29 is 13.2 Å². The second-order valence-electron chi connectivity index (χ2n) is 6.36. The summed E-state index contributed by atoms with van der Waals surface area (Å²) in [5.41, 5.74) is 2.44. The van der Waals surface area contributed by atoms with E-state index in [-0.39, 0.29) is 12.5 Å². The summed E-state index contributed by atoms with van der Waals surface area (Å²) in [4.78, 5) is 12.2. The van der Waals surface area contributed by atoms with E-state index in [2.05, 4.69) is 11.4 Å². The zero-order valence-corrected chi connectivity index (χ0v) is 16.3. The van der Waals surface area contributed by atoms with Gasteiger partial charge in [-0.25, -0.2) is 8.42 Å². The van der Waals surface area contributed by atoms with E-state index >= 15 is 0 Å². The molecule has 0 radical (unpaired) electrons. The van der Waals surface area contributed by atoms with E-state index in [0.717, 1.165) is 29.8 Å². The summed E-state index contributed by atoms with van der Waals surface area (Å²) >= 11 is 6.09. The van der Waals surface area contributed by atoms with Gasteiger partial charge in [0.25, 0.3) is 0 Å². The number of carbonyl (C=O) groups is 1. The van der Waals surface area contributed by atoms with Gasteiger partial charge in [0.1, 0.15) is 6.54 Å². The molecule has 1 amide bonds. The minimum absolute atomic E-state index is 0.251. The van der Waals surface area contributed by atoms with Crippen molar-refractivity contribution in [3.63, 3.8) is 0 Å². The lowest BCUT2D eigenvalue weighted by atomic mass is 9.97. The van der Waals surface area contributed by atoms with Gasteiger partial charge in [-0.2, -0.15) is 0 Å². The van der Waals surface area contributed by atoms with Gasteiger partial charge in [0.05, 0.1) is 11.9 Å². The number of benzene rings is 1. The summed E-state index contributed by atoms with van der Waals surface area (Å²) in [6, 6.07) is 5.03. The number of hydrogen-bond donors (Lipinski definition) is 1. The number of hydrogen-bond acceptors (Lipinski definition) is 3. The van der Waals surface area contributed by atoms with Crippen molar-refractivity contribution in [2.24, 2.45) is 0 Å². The maximum Gasteiger partial charge on any atom is 0.240 e. The molecule has 25 heavy (non-hydrogen) atoms. The number of carbonyl (C=O) groups excluding carboxylic acids is 1. The van der Waals surface area contributed by atoms with Gasteiger partial charge >= 0.3 is 0 Å². The van der Waals surface area contributed by atoms with E-state index in [4.69, 9.17) is 11.6 Å². The Morgan fingerprint density at radius 2 is 2.08 bits per heavy atom. The van der Waals surface area contributed by atoms with Gasteiger partial charge in [0.2, 0.25) is 15.9 Å². The Morgan fingerprint density at radius 1 is 1.32 bits per heavy atom. The highest BCUT2D eigenvalue weighted by Gasteiger charge is 2.23. The Kier molecular flexibility index (Phi) is 6.90. The van der Waals surface area contributed by atoms with E-state index < -0.39 is 10.0 Å². The molecule has 0 saturated heterocycles. The first-order valence-corrected chi connectivity index (χ1v) is 10.7. The maximum absolute atomic E-state index is 12.2. The van der Waals surface area contributed by atoms with Crippen LogP contribution in [0.1, 0.15) is 37.7 Å². The second-order valence-corrected chi connectivity index (χ2v) is 8.68. The summed E-state index contributed by atoms with van der Waals surface area (Å²) in [5.74, 6) is -0.318.